The van der Waals surface area contributed by atoms with Crippen LogP contribution >= 0.6 is 0 Å². The van der Waals surface area contributed by atoms with Crippen LogP contribution in [-0.2, 0) is 0 Å². The van der Waals surface area contributed by atoms with Crippen LogP contribution in [0.4, 0.5) is 16.3 Å². The summed E-state index contributed by atoms with van der Waals surface area (Å²) in [5.41, 5.74) is 1.97. The van der Waals surface area contributed by atoms with Crippen molar-refractivity contribution < 1.29 is 9.32 Å². The number of urea groups is 1. The molecule has 2 rings (SSSR count). The number of aromatic nitrogens is 1. The molecular formula is C14H17N3O2. The van der Waals surface area contributed by atoms with Crippen molar-refractivity contribution in [3.8, 4) is 0 Å². The van der Waals surface area contributed by atoms with E-state index >= 15 is 0 Å². The van der Waals surface area contributed by atoms with E-state index in [9.17, 15) is 4.79 Å². The minimum absolute atomic E-state index is 0.342. The van der Waals surface area contributed by atoms with Crippen molar-refractivity contribution in [2.24, 2.45) is 0 Å². The monoisotopic (exact) mass is 259 g/mol. The van der Waals surface area contributed by atoms with Crippen molar-refractivity contribution in [2.75, 3.05) is 10.6 Å². The minimum atomic E-state index is -0.342. The smallest absolute Gasteiger partial charge is 0.324 e. The SMILES string of the molecule is Cc1cc(NC(=O)Nc2ccc(C(C)C)cc2)no1. The Kier molecular flexibility index (Phi) is 3.85. The standard InChI is InChI=1S/C14H17N3O2/c1-9(2)11-4-6-12(7-5-11)15-14(18)16-13-8-10(3)19-17-13/h4-9H,1-3H3,(H2,15,16,17,18). The fourth-order valence-corrected chi connectivity index (χ4v) is 1.66. The van der Waals surface area contributed by atoms with Crippen LogP contribution in [0.25, 0.3) is 0 Å². The molecule has 5 nitrogen and oxygen atoms in total. The first-order chi connectivity index (χ1) is 9.04. The van der Waals surface area contributed by atoms with E-state index in [1.54, 1.807) is 13.0 Å². The lowest BCUT2D eigenvalue weighted by Gasteiger charge is -2.08. The number of hydrogen-bond donors (Lipinski definition) is 2. The van der Waals surface area contributed by atoms with Crippen LogP contribution in [-0.4, -0.2) is 11.2 Å². The molecule has 0 radical (unpaired) electrons. The van der Waals surface area contributed by atoms with Crippen molar-refractivity contribution in [2.45, 2.75) is 26.7 Å². The maximum Gasteiger partial charge on any atom is 0.324 e. The quantitative estimate of drug-likeness (QED) is 0.882. The predicted molar refractivity (Wildman–Crippen MR) is 74.4 cm³/mol. The molecule has 0 saturated heterocycles. The van der Waals surface area contributed by atoms with Gasteiger partial charge in [0, 0.05) is 11.8 Å². The summed E-state index contributed by atoms with van der Waals surface area (Å²) in [5, 5.41) is 9.02. The van der Waals surface area contributed by atoms with Gasteiger partial charge >= 0.3 is 6.03 Å². The fourth-order valence-electron chi connectivity index (χ4n) is 1.66. The lowest BCUT2D eigenvalue weighted by atomic mass is 10.0. The van der Waals surface area contributed by atoms with Crippen molar-refractivity contribution >= 4 is 17.5 Å². The van der Waals surface area contributed by atoms with Gasteiger partial charge < -0.3 is 9.84 Å². The summed E-state index contributed by atoms with van der Waals surface area (Å²) < 4.78 is 4.87. The molecule has 1 aromatic heterocycles. The Balaban J connectivity index is 1.95. The molecule has 0 unspecified atom stereocenters. The van der Waals surface area contributed by atoms with Crippen LogP contribution in [0.3, 0.4) is 0 Å². The Bertz CT molecular complexity index is 558. The third-order valence-corrected chi connectivity index (χ3v) is 2.70. The molecule has 0 aliphatic carbocycles. The number of benzene rings is 1. The van der Waals surface area contributed by atoms with Gasteiger partial charge in [-0.15, -0.1) is 0 Å². The maximum absolute atomic E-state index is 11.7. The average Bonchev–Trinajstić information content (AvgIpc) is 2.75. The Hall–Kier alpha value is -2.30. The highest BCUT2D eigenvalue weighted by molar-refractivity contribution is 5.99. The number of hydrogen-bond acceptors (Lipinski definition) is 3. The van der Waals surface area contributed by atoms with Crippen molar-refractivity contribution in [1.82, 2.24) is 5.16 Å². The third-order valence-electron chi connectivity index (χ3n) is 2.70. The summed E-state index contributed by atoms with van der Waals surface area (Å²) in [6.45, 7) is 6.02. The van der Waals surface area contributed by atoms with Crippen LogP contribution in [0.2, 0.25) is 0 Å². The molecule has 2 N–H and O–H groups in total. The molecule has 5 heteroatoms. The van der Waals surface area contributed by atoms with Gasteiger partial charge in [-0.3, -0.25) is 5.32 Å². The lowest BCUT2D eigenvalue weighted by molar-refractivity contribution is 0.262. The number of carbonyl (C=O) groups is 1. The number of rotatable bonds is 3. The number of nitrogens with one attached hydrogen (secondary N) is 2. The molecular weight excluding hydrogens is 242 g/mol. The van der Waals surface area contributed by atoms with Gasteiger partial charge in [-0.2, -0.15) is 0 Å². The first kappa shape index (κ1) is 13.1. The highest BCUT2D eigenvalue weighted by Gasteiger charge is 2.06. The van der Waals surface area contributed by atoms with Gasteiger partial charge in [0.15, 0.2) is 5.82 Å². The number of anilines is 2. The molecule has 1 heterocycles. The second kappa shape index (κ2) is 5.56. The molecule has 2 aromatic rings. The average molecular weight is 259 g/mol. The molecule has 1 aromatic carbocycles. The van der Waals surface area contributed by atoms with E-state index in [0.717, 1.165) is 5.69 Å². The number of aryl methyl sites for hydroxylation is 1. The third kappa shape index (κ3) is 3.58. The van der Waals surface area contributed by atoms with E-state index in [-0.39, 0.29) is 6.03 Å². The first-order valence-corrected chi connectivity index (χ1v) is 6.16. The first-order valence-electron chi connectivity index (χ1n) is 6.16. The van der Waals surface area contributed by atoms with E-state index in [1.165, 1.54) is 5.56 Å². The predicted octanol–water partition coefficient (Wildman–Crippen LogP) is 3.75. The molecule has 0 saturated carbocycles. The topological polar surface area (TPSA) is 67.2 Å². The zero-order chi connectivity index (χ0) is 13.8. The molecule has 0 aliphatic rings. The van der Waals surface area contributed by atoms with Crippen molar-refractivity contribution in [3.05, 3.63) is 41.7 Å². The molecule has 0 spiro atoms. The lowest BCUT2D eigenvalue weighted by Crippen LogP contribution is -2.19. The van der Waals surface area contributed by atoms with Crippen molar-refractivity contribution in [1.29, 1.82) is 0 Å². The molecule has 0 atom stereocenters. The van der Waals surface area contributed by atoms with Gasteiger partial charge in [-0.05, 0) is 30.5 Å². The van der Waals surface area contributed by atoms with E-state index < -0.39 is 0 Å². The Labute approximate surface area is 112 Å². The van der Waals surface area contributed by atoms with Gasteiger partial charge in [0.25, 0.3) is 0 Å². The highest BCUT2D eigenvalue weighted by Crippen LogP contribution is 2.17. The van der Waals surface area contributed by atoms with Crippen LogP contribution in [0, 0.1) is 6.92 Å². The molecule has 100 valence electrons. The summed E-state index contributed by atoms with van der Waals surface area (Å²) in [7, 11) is 0. The van der Waals surface area contributed by atoms with Crippen LogP contribution in [0.5, 0.6) is 0 Å². The molecule has 0 aliphatic heterocycles. The summed E-state index contributed by atoms with van der Waals surface area (Å²) in [6.07, 6.45) is 0. The van der Waals surface area contributed by atoms with Gasteiger partial charge in [0.1, 0.15) is 5.76 Å². The summed E-state index contributed by atoms with van der Waals surface area (Å²) in [5.74, 6) is 1.52. The number of carbonyl (C=O) groups excluding carboxylic acids is 1. The fraction of sp³-hybridized carbons (Fsp3) is 0.286. The van der Waals surface area contributed by atoms with Crippen molar-refractivity contribution in [3.63, 3.8) is 0 Å². The normalized spacial score (nSPS) is 10.5. The second-order valence-electron chi connectivity index (χ2n) is 4.68. The van der Waals surface area contributed by atoms with Gasteiger partial charge in [-0.1, -0.05) is 31.1 Å². The van der Waals surface area contributed by atoms with E-state index in [4.69, 9.17) is 4.52 Å². The van der Waals surface area contributed by atoms with E-state index in [1.807, 2.05) is 24.3 Å². The Morgan fingerprint density at radius 3 is 2.42 bits per heavy atom. The zero-order valence-electron chi connectivity index (χ0n) is 11.2. The zero-order valence-corrected chi connectivity index (χ0v) is 11.2. The molecule has 19 heavy (non-hydrogen) atoms. The molecule has 2 amide bonds. The second-order valence-corrected chi connectivity index (χ2v) is 4.68. The van der Waals surface area contributed by atoms with Crippen LogP contribution in [0.1, 0.15) is 31.1 Å². The molecule has 0 bridgehead atoms. The Morgan fingerprint density at radius 2 is 1.89 bits per heavy atom. The number of nitrogens with zero attached hydrogens (tertiary/aromatic N) is 1. The summed E-state index contributed by atoms with van der Waals surface area (Å²) in [6, 6.07) is 9.07. The Morgan fingerprint density at radius 1 is 1.21 bits per heavy atom. The van der Waals surface area contributed by atoms with Crippen LogP contribution < -0.4 is 10.6 Å². The molecule has 0 fully saturated rings. The van der Waals surface area contributed by atoms with Gasteiger partial charge in [0.2, 0.25) is 0 Å². The van der Waals surface area contributed by atoms with E-state index in [0.29, 0.717) is 17.5 Å². The van der Waals surface area contributed by atoms with Gasteiger partial charge in [0.05, 0.1) is 0 Å². The highest BCUT2D eigenvalue weighted by atomic mass is 16.5. The minimum Gasteiger partial charge on any atom is -0.360 e. The van der Waals surface area contributed by atoms with Gasteiger partial charge in [-0.25, -0.2) is 4.79 Å². The summed E-state index contributed by atoms with van der Waals surface area (Å²) >= 11 is 0. The summed E-state index contributed by atoms with van der Waals surface area (Å²) in [4.78, 5) is 11.7. The largest absolute Gasteiger partial charge is 0.360 e. The van der Waals surface area contributed by atoms with Crippen LogP contribution in [0.15, 0.2) is 34.9 Å². The number of amides is 2. The maximum atomic E-state index is 11.7. The van der Waals surface area contributed by atoms with E-state index in [2.05, 4.69) is 29.6 Å².